The van der Waals surface area contributed by atoms with Crippen molar-refractivity contribution in [3.05, 3.63) is 23.5 Å². The second-order valence-electron chi connectivity index (χ2n) is 6.58. The Morgan fingerprint density at radius 3 is 2.31 bits per heavy atom. The number of piperazine rings is 1. The summed E-state index contributed by atoms with van der Waals surface area (Å²) in [6.07, 6.45) is -3.03. The molecule has 10 heteroatoms. The topological polar surface area (TPSA) is 62.7 Å². The summed E-state index contributed by atoms with van der Waals surface area (Å²) in [4.78, 5) is 4.87. The molecule has 0 N–H and O–H groups in total. The van der Waals surface area contributed by atoms with Gasteiger partial charge >= 0.3 is 6.18 Å². The first-order valence-electron chi connectivity index (χ1n) is 8.56. The van der Waals surface area contributed by atoms with Crippen LogP contribution < -0.4 is 0 Å². The molecule has 2 aliphatic heterocycles. The molecule has 6 nitrogen and oxygen atoms in total. The van der Waals surface area contributed by atoms with Crippen LogP contribution in [0.4, 0.5) is 13.2 Å². The molecule has 1 aromatic rings. The van der Waals surface area contributed by atoms with Gasteiger partial charge < -0.3 is 4.74 Å². The van der Waals surface area contributed by atoms with Gasteiger partial charge in [0.25, 0.3) is 0 Å². The van der Waals surface area contributed by atoms with E-state index >= 15 is 0 Å². The molecular weight excluding hydrogens is 371 g/mol. The fraction of sp³-hybridized carbons (Fsp3) is 0.688. The zero-order chi connectivity index (χ0) is 18.9. The van der Waals surface area contributed by atoms with E-state index in [9.17, 15) is 21.6 Å². The number of halogens is 3. The number of hydrogen-bond acceptors (Lipinski definition) is 5. The molecule has 26 heavy (non-hydrogen) atoms. The number of alkyl halides is 3. The van der Waals surface area contributed by atoms with Crippen LogP contribution >= 0.6 is 0 Å². The number of rotatable bonds is 3. The number of nitrogens with zero attached hydrogens (tertiary/aromatic N) is 3. The van der Waals surface area contributed by atoms with Gasteiger partial charge in [-0.1, -0.05) is 0 Å². The molecule has 2 aliphatic rings. The number of aromatic nitrogens is 1. The van der Waals surface area contributed by atoms with Gasteiger partial charge in [-0.05, 0) is 31.9 Å². The van der Waals surface area contributed by atoms with Gasteiger partial charge in [0, 0.05) is 51.1 Å². The van der Waals surface area contributed by atoms with Crippen molar-refractivity contribution in [1.82, 2.24) is 14.2 Å². The van der Waals surface area contributed by atoms with Crippen molar-refractivity contribution in [2.75, 3.05) is 39.4 Å². The molecular formula is C16H22F3N3O3S. The van der Waals surface area contributed by atoms with Crippen molar-refractivity contribution in [2.45, 2.75) is 36.9 Å². The smallest absolute Gasteiger partial charge is 0.381 e. The number of sulfonamides is 1. The molecule has 1 aromatic heterocycles. The average molecular weight is 393 g/mol. The lowest BCUT2D eigenvalue weighted by molar-refractivity contribution is -0.143. The largest absolute Gasteiger partial charge is 0.434 e. The van der Waals surface area contributed by atoms with Crippen molar-refractivity contribution in [3.8, 4) is 0 Å². The Balaban J connectivity index is 1.78. The first-order valence-corrected chi connectivity index (χ1v) is 10.0. The number of hydrogen-bond donors (Lipinski definition) is 0. The fourth-order valence-corrected chi connectivity index (χ4v) is 5.02. The summed E-state index contributed by atoms with van der Waals surface area (Å²) >= 11 is 0. The second-order valence-corrected chi connectivity index (χ2v) is 8.49. The van der Waals surface area contributed by atoms with Crippen molar-refractivity contribution in [3.63, 3.8) is 0 Å². The van der Waals surface area contributed by atoms with Crippen LogP contribution in [0.5, 0.6) is 0 Å². The highest BCUT2D eigenvalue weighted by Crippen LogP contribution is 2.34. The molecule has 2 saturated heterocycles. The summed E-state index contributed by atoms with van der Waals surface area (Å²) in [7, 11) is -4.25. The summed E-state index contributed by atoms with van der Waals surface area (Å²) in [6.45, 7) is 4.13. The van der Waals surface area contributed by atoms with Gasteiger partial charge in [-0.2, -0.15) is 17.5 Å². The molecule has 0 atom stereocenters. The predicted octanol–water partition coefficient (Wildman–Crippen LogP) is 1.89. The summed E-state index contributed by atoms with van der Waals surface area (Å²) in [5, 5.41) is 0. The van der Waals surface area contributed by atoms with E-state index in [2.05, 4.69) is 9.88 Å². The average Bonchev–Trinajstić information content (AvgIpc) is 2.61. The molecule has 0 aliphatic carbocycles. The Bertz CT molecular complexity index is 741. The van der Waals surface area contributed by atoms with Crippen LogP contribution in [0.1, 0.15) is 24.2 Å². The van der Waals surface area contributed by atoms with Gasteiger partial charge in [0.2, 0.25) is 10.0 Å². The quantitative estimate of drug-likeness (QED) is 0.785. The minimum atomic E-state index is -4.82. The first-order chi connectivity index (χ1) is 12.2. The molecule has 146 valence electrons. The lowest BCUT2D eigenvalue weighted by Gasteiger charge is -2.40. The third kappa shape index (κ3) is 4.03. The van der Waals surface area contributed by atoms with E-state index in [1.807, 2.05) is 0 Å². The maximum absolute atomic E-state index is 13.3. The van der Waals surface area contributed by atoms with E-state index in [0.717, 1.165) is 23.2 Å². The van der Waals surface area contributed by atoms with E-state index in [0.29, 0.717) is 32.3 Å². The van der Waals surface area contributed by atoms with Crippen LogP contribution in [0.25, 0.3) is 0 Å². The van der Waals surface area contributed by atoms with Gasteiger partial charge in [0.15, 0.2) is 5.69 Å². The summed E-state index contributed by atoms with van der Waals surface area (Å²) in [5.41, 5.74) is -1.22. The maximum atomic E-state index is 13.3. The lowest BCUT2D eigenvalue weighted by Crippen LogP contribution is -2.53. The van der Waals surface area contributed by atoms with Crippen LogP contribution in [-0.4, -0.2) is 68.0 Å². The highest BCUT2D eigenvalue weighted by molar-refractivity contribution is 7.89. The van der Waals surface area contributed by atoms with Gasteiger partial charge in [0.05, 0.1) is 0 Å². The molecule has 2 fully saturated rings. The Kier molecular flexibility index (Phi) is 5.57. The van der Waals surface area contributed by atoms with Gasteiger partial charge in [-0.25, -0.2) is 13.4 Å². The molecule has 0 bridgehead atoms. The minimum Gasteiger partial charge on any atom is -0.381 e. The number of ether oxygens (including phenoxy) is 1. The number of pyridine rings is 1. The Labute approximate surface area is 151 Å². The molecule has 0 aromatic carbocycles. The molecule has 0 amide bonds. The van der Waals surface area contributed by atoms with Crippen LogP contribution in [0.3, 0.4) is 0 Å². The summed E-state index contributed by atoms with van der Waals surface area (Å²) < 4.78 is 71.8. The monoisotopic (exact) mass is 393 g/mol. The molecule has 0 unspecified atom stereocenters. The van der Waals surface area contributed by atoms with E-state index in [1.54, 1.807) is 0 Å². The first kappa shape index (κ1) is 19.5. The predicted molar refractivity (Wildman–Crippen MR) is 88.1 cm³/mol. The standard InChI is InChI=1S/C16H22F3N3O3S/c1-12-2-3-14(15(20-12)16(17,18)19)26(23,24)22-8-6-21(7-9-22)13-4-10-25-11-5-13/h2-3,13H,4-11H2,1H3. The highest BCUT2D eigenvalue weighted by atomic mass is 32.2. The molecule has 3 heterocycles. The zero-order valence-electron chi connectivity index (χ0n) is 14.5. The second kappa shape index (κ2) is 7.41. The molecule has 0 spiro atoms. The van der Waals surface area contributed by atoms with Gasteiger partial charge in [-0.3, -0.25) is 4.90 Å². The molecule has 3 rings (SSSR count). The fourth-order valence-electron chi connectivity index (χ4n) is 3.45. The van der Waals surface area contributed by atoms with Crippen LogP contribution in [-0.2, 0) is 20.9 Å². The van der Waals surface area contributed by atoms with Gasteiger partial charge in [0.1, 0.15) is 4.90 Å². The van der Waals surface area contributed by atoms with Gasteiger partial charge in [-0.15, -0.1) is 0 Å². The summed E-state index contributed by atoms with van der Waals surface area (Å²) in [6, 6.07) is 2.64. The van der Waals surface area contributed by atoms with Crippen LogP contribution in [0.2, 0.25) is 0 Å². The number of aryl methyl sites for hydroxylation is 1. The Hall–Kier alpha value is -1.23. The Morgan fingerprint density at radius 1 is 1.12 bits per heavy atom. The summed E-state index contributed by atoms with van der Waals surface area (Å²) in [5.74, 6) is 0. The van der Waals surface area contributed by atoms with E-state index in [-0.39, 0.29) is 18.8 Å². The normalized spacial score (nSPS) is 21.8. The Morgan fingerprint density at radius 2 is 1.73 bits per heavy atom. The zero-order valence-corrected chi connectivity index (χ0v) is 15.3. The minimum absolute atomic E-state index is 0.126. The van der Waals surface area contributed by atoms with E-state index in [1.165, 1.54) is 13.0 Å². The molecule has 0 radical (unpaired) electrons. The van der Waals surface area contributed by atoms with Crippen molar-refractivity contribution in [1.29, 1.82) is 0 Å². The van der Waals surface area contributed by atoms with Crippen molar-refractivity contribution >= 4 is 10.0 Å². The third-order valence-corrected chi connectivity index (χ3v) is 6.79. The lowest BCUT2D eigenvalue weighted by atomic mass is 10.1. The van der Waals surface area contributed by atoms with Crippen LogP contribution in [0, 0.1) is 6.92 Å². The molecule has 0 saturated carbocycles. The third-order valence-electron chi connectivity index (χ3n) is 4.86. The SMILES string of the molecule is Cc1ccc(S(=O)(=O)N2CCN(C3CCOCC3)CC2)c(C(F)(F)F)n1. The van der Waals surface area contributed by atoms with Crippen molar-refractivity contribution in [2.24, 2.45) is 0 Å². The highest BCUT2D eigenvalue weighted by Gasteiger charge is 2.41. The van der Waals surface area contributed by atoms with E-state index in [4.69, 9.17) is 4.74 Å². The van der Waals surface area contributed by atoms with Crippen molar-refractivity contribution < 1.29 is 26.3 Å². The van der Waals surface area contributed by atoms with Crippen LogP contribution in [0.15, 0.2) is 17.0 Å². The van der Waals surface area contributed by atoms with E-state index < -0.39 is 26.8 Å². The maximum Gasteiger partial charge on any atom is 0.434 e.